The van der Waals surface area contributed by atoms with Crippen molar-refractivity contribution in [1.82, 2.24) is 19.5 Å². The number of rotatable bonds is 7. The summed E-state index contributed by atoms with van der Waals surface area (Å²) in [5.74, 6) is 2.16. The van der Waals surface area contributed by atoms with Gasteiger partial charge in [0.2, 0.25) is 0 Å². The molecule has 1 aliphatic rings. The Hall–Kier alpha value is -7.99. The van der Waals surface area contributed by atoms with Gasteiger partial charge in [-0.3, -0.25) is 0 Å². The smallest absolute Gasteiger partial charge is 0.164 e. The van der Waals surface area contributed by atoms with E-state index in [4.69, 9.17) is 15.0 Å². The van der Waals surface area contributed by atoms with E-state index in [2.05, 4.69) is 180 Å². The van der Waals surface area contributed by atoms with Crippen molar-refractivity contribution in [3.05, 3.63) is 229 Å². The molecule has 1 atom stereocenters. The summed E-state index contributed by atoms with van der Waals surface area (Å²) in [6, 6.07) is 76.5. The molecule has 0 bridgehead atoms. The van der Waals surface area contributed by atoms with Gasteiger partial charge >= 0.3 is 0 Å². The van der Waals surface area contributed by atoms with Crippen LogP contribution in [-0.2, 0) is 6.42 Å². The zero-order valence-corrected chi connectivity index (χ0v) is 35.5. The Morgan fingerprint density at radius 1 is 0.391 bits per heavy atom. The zero-order chi connectivity index (χ0) is 42.1. The SMILES string of the molecule is c1ccc(-c2nc(-c3ccccc3)nc(-c3cccc(-n4c5cc(CC6c7ccccc7-c7c(-c8ccccc8)cccc76)ccc5c5cc6sc7ccccc7c6cc54)c3)n2)cc1. The Morgan fingerprint density at radius 3 is 1.75 bits per heavy atom. The van der Waals surface area contributed by atoms with E-state index in [1.165, 1.54) is 80.9 Å². The third-order valence-corrected chi connectivity index (χ3v) is 14.1. The Balaban J connectivity index is 0.996. The van der Waals surface area contributed by atoms with Gasteiger partial charge in [0.15, 0.2) is 17.5 Å². The van der Waals surface area contributed by atoms with E-state index in [0.29, 0.717) is 17.5 Å². The van der Waals surface area contributed by atoms with Crippen LogP contribution < -0.4 is 0 Å². The molecule has 0 N–H and O–H groups in total. The zero-order valence-electron chi connectivity index (χ0n) is 34.7. The summed E-state index contributed by atoms with van der Waals surface area (Å²) >= 11 is 1.87. The summed E-state index contributed by atoms with van der Waals surface area (Å²) < 4.78 is 5.06. The van der Waals surface area contributed by atoms with Crippen molar-refractivity contribution in [2.45, 2.75) is 12.3 Å². The van der Waals surface area contributed by atoms with E-state index in [0.717, 1.165) is 28.8 Å². The third kappa shape index (κ3) is 6.00. The molecule has 0 saturated carbocycles. The summed E-state index contributed by atoms with van der Waals surface area (Å²) in [4.78, 5) is 15.2. The summed E-state index contributed by atoms with van der Waals surface area (Å²) in [6.07, 6.45) is 0.884. The number of fused-ring (bicyclic) bond motifs is 9. The Morgan fingerprint density at radius 2 is 0.984 bits per heavy atom. The first-order valence-corrected chi connectivity index (χ1v) is 22.7. The lowest BCUT2D eigenvalue weighted by molar-refractivity contribution is 0.828. The molecule has 9 aromatic carbocycles. The van der Waals surface area contributed by atoms with Crippen molar-refractivity contribution in [2.24, 2.45) is 0 Å². The van der Waals surface area contributed by atoms with Crippen molar-refractivity contribution in [1.29, 1.82) is 0 Å². The van der Waals surface area contributed by atoms with Gasteiger partial charge in [-0.25, -0.2) is 15.0 Å². The van der Waals surface area contributed by atoms with Crippen LogP contribution in [-0.4, -0.2) is 19.5 Å². The van der Waals surface area contributed by atoms with E-state index < -0.39 is 0 Å². The number of benzene rings is 9. The highest BCUT2D eigenvalue weighted by Crippen LogP contribution is 2.50. The number of nitrogens with zero attached hydrogens (tertiary/aromatic N) is 4. The fourth-order valence-electron chi connectivity index (χ4n) is 10.1. The topological polar surface area (TPSA) is 43.6 Å². The molecule has 300 valence electrons. The Kier molecular flexibility index (Phi) is 8.49. The molecule has 4 nitrogen and oxygen atoms in total. The second-order valence-corrected chi connectivity index (χ2v) is 17.8. The molecule has 0 radical (unpaired) electrons. The number of thiophene rings is 1. The number of hydrogen-bond donors (Lipinski definition) is 0. The molecule has 0 spiro atoms. The van der Waals surface area contributed by atoms with Gasteiger partial charge in [-0.2, -0.15) is 0 Å². The molecular weight excluding hydrogens is 797 g/mol. The van der Waals surface area contributed by atoms with Crippen LogP contribution in [0.4, 0.5) is 0 Å². The highest BCUT2D eigenvalue weighted by atomic mass is 32.1. The predicted octanol–water partition coefficient (Wildman–Crippen LogP) is 15.4. The lowest BCUT2D eigenvalue weighted by Gasteiger charge is -2.16. The fraction of sp³-hybridized carbons (Fsp3) is 0.0339. The standard InChI is InChI=1S/C59H38N4S/c1-4-16-38(17-5-1)43-27-15-28-48-49(44-24-10-11-26-47(44)56(43)48)32-37-30-31-45-50-36-55-51(46-25-12-13-29-54(46)64-55)35-53(50)63(52(45)33-37)42-23-14-22-41(34-42)59-61-57(39-18-6-2-7-19-39)60-58(62-59)40-20-8-3-9-21-40/h1-31,33-36,49H,32H2. The number of aromatic nitrogens is 4. The van der Waals surface area contributed by atoms with Gasteiger partial charge in [-0.05, 0) is 81.8 Å². The van der Waals surface area contributed by atoms with Crippen molar-refractivity contribution < 1.29 is 0 Å². The summed E-state index contributed by atoms with van der Waals surface area (Å²) in [5, 5.41) is 5.04. The lowest BCUT2D eigenvalue weighted by Crippen LogP contribution is -2.02. The fourth-order valence-corrected chi connectivity index (χ4v) is 11.2. The monoisotopic (exact) mass is 834 g/mol. The molecule has 64 heavy (non-hydrogen) atoms. The van der Waals surface area contributed by atoms with E-state index in [1.807, 2.05) is 47.7 Å². The van der Waals surface area contributed by atoms with Gasteiger partial charge in [-0.1, -0.05) is 176 Å². The molecule has 0 saturated heterocycles. The first kappa shape index (κ1) is 36.6. The quantitative estimate of drug-likeness (QED) is 0.161. The maximum absolute atomic E-state index is 5.12. The second-order valence-electron chi connectivity index (χ2n) is 16.7. The molecule has 13 rings (SSSR count). The molecule has 3 aromatic heterocycles. The molecule has 3 heterocycles. The molecular formula is C59H38N4S. The minimum absolute atomic E-state index is 0.228. The molecule has 1 aliphatic carbocycles. The molecule has 0 amide bonds. The van der Waals surface area contributed by atoms with Crippen molar-refractivity contribution in [3.63, 3.8) is 0 Å². The van der Waals surface area contributed by atoms with Crippen LogP contribution in [0, 0.1) is 0 Å². The summed E-state index contributed by atoms with van der Waals surface area (Å²) in [7, 11) is 0. The van der Waals surface area contributed by atoms with E-state index in [-0.39, 0.29) is 5.92 Å². The Bertz CT molecular complexity index is 3700. The van der Waals surface area contributed by atoms with E-state index in [1.54, 1.807) is 0 Å². The molecule has 12 aromatic rings. The highest BCUT2D eigenvalue weighted by Gasteiger charge is 2.31. The van der Waals surface area contributed by atoms with Gasteiger partial charge in [-0.15, -0.1) is 11.3 Å². The predicted molar refractivity (Wildman–Crippen MR) is 266 cm³/mol. The largest absolute Gasteiger partial charge is 0.309 e. The molecule has 1 unspecified atom stereocenters. The van der Waals surface area contributed by atoms with Crippen LogP contribution in [0.25, 0.3) is 104 Å². The van der Waals surface area contributed by atoms with E-state index >= 15 is 0 Å². The van der Waals surface area contributed by atoms with Crippen molar-refractivity contribution in [3.8, 4) is 62.1 Å². The average Bonchev–Trinajstić information content (AvgIpc) is 4.00. The van der Waals surface area contributed by atoms with Crippen LogP contribution in [0.5, 0.6) is 0 Å². The van der Waals surface area contributed by atoms with E-state index in [9.17, 15) is 0 Å². The van der Waals surface area contributed by atoms with Crippen molar-refractivity contribution in [2.75, 3.05) is 0 Å². The second kappa shape index (κ2) is 14.8. The maximum atomic E-state index is 5.12. The first-order valence-electron chi connectivity index (χ1n) is 21.9. The molecule has 5 heteroatoms. The average molecular weight is 835 g/mol. The Labute approximate surface area is 374 Å². The van der Waals surface area contributed by atoms with Gasteiger partial charge < -0.3 is 4.57 Å². The third-order valence-electron chi connectivity index (χ3n) is 13.0. The highest BCUT2D eigenvalue weighted by molar-refractivity contribution is 7.25. The van der Waals surface area contributed by atoms with Gasteiger partial charge in [0, 0.05) is 59.2 Å². The van der Waals surface area contributed by atoms with Gasteiger partial charge in [0.1, 0.15) is 0 Å². The molecule has 0 fully saturated rings. The maximum Gasteiger partial charge on any atom is 0.164 e. The summed E-state index contributed by atoms with van der Waals surface area (Å²) in [5.41, 5.74) is 15.6. The first-order chi connectivity index (χ1) is 31.7. The van der Waals surface area contributed by atoms with Crippen LogP contribution in [0.3, 0.4) is 0 Å². The van der Waals surface area contributed by atoms with Crippen LogP contribution >= 0.6 is 11.3 Å². The minimum Gasteiger partial charge on any atom is -0.309 e. The molecule has 0 aliphatic heterocycles. The van der Waals surface area contributed by atoms with Gasteiger partial charge in [0.25, 0.3) is 0 Å². The lowest BCUT2D eigenvalue weighted by atomic mass is 9.88. The van der Waals surface area contributed by atoms with Crippen LogP contribution in [0.15, 0.2) is 212 Å². The van der Waals surface area contributed by atoms with Gasteiger partial charge in [0.05, 0.1) is 11.0 Å². The van der Waals surface area contributed by atoms with Crippen LogP contribution in [0.2, 0.25) is 0 Å². The summed E-state index contributed by atoms with van der Waals surface area (Å²) in [6.45, 7) is 0. The van der Waals surface area contributed by atoms with Crippen molar-refractivity contribution >= 4 is 53.3 Å². The minimum atomic E-state index is 0.228. The number of hydrogen-bond acceptors (Lipinski definition) is 4. The van der Waals surface area contributed by atoms with Crippen LogP contribution in [0.1, 0.15) is 22.6 Å². The normalized spacial score (nSPS) is 13.2.